The molecule has 1 aromatic heterocycles. The average molecular weight is 266 g/mol. The molecule has 1 aliphatic rings. The predicted molar refractivity (Wildman–Crippen MR) is 76.0 cm³/mol. The van der Waals surface area contributed by atoms with Gasteiger partial charge in [0.25, 0.3) is 0 Å². The van der Waals surface area contributed by atoms with Crippen LogP contribution in [0.3, 0.4) is 0 Å². The molecule has 2 heterocycles. The van der Waals surface area contributed by atoms with Crippen LogP contribution in [0.5, 0.6) is 0 Å². The van der Waals surface area contributed by atoms with Crippen LogP contribution in [-0.4, -0.2) is 52.6 Å². The Morgan fingerprint density at radius 2 is 2.16 bits per heavy atom. The second-order valence-corrected chi connectivity index (χ2v) is 5.60. The molecule has 1 aromatic rings. The quantitative estimate of drug-likeness (QED) is 0.856. The number of hydrogen-bond acceptors (Lipinski definition) is 4. The molecule has 19 heavy (non-hydrogen) atoms. The second kappa shape index (κ2) is 6.03. The predicted octanol–water partition coefficient (Wildman–Crippen LogP) is 0.791. The molecule has 2 N–H and O–H groups in total. The highest BCUT2D eigenvalue weighted by Gasteiger charge is 2.37. The Hall–Kier alpha value is -0.910. The van der Waals surface area contributed by atoms with Gasteiger partial charge in [-0.2, -0.15) is 5.10 Å². The molecule has 0 aliphatic carbocycles. The summed E-state index contributed by atoms with van der Waals surface area (Å²) >= 11 is 0. The van der Waals surface area contributed by atoms with Gasteiger partial charge in [0.05, 0.1) is 18.9 Å². The Bertz CT molecular complexity index is 400. The fourth-order valence-electron chi connectivity index (χ4n) is 2.81. The van der Waals surface area contributed by atoms with Gasteiger partial charge in [0.15, 0.2) is 0 Å². The Morgan fingerprint density at radius 3 is 2.68 bits per heavy atom. The average Bonchev–Trinajstić information content (AvgIpc) is 2.84. The minimum atomic E-state index is 0.0152. The maximum absolute atomic E-state index is 6.50. The van der Waals surface area contributed by atoms with Gasteiger partial charge in [0, 0.05) is 44.3 Å². The third-order valence-corrected chi connectivity index (χ3v) is 4.45. The normalized spacial score (nSPS) is 22.1. The fraction of sp³-hybridized carbons (Fsp3) is 0.786. The van der Waals surface area contributed by atoms with E-state index in [9.17, 15) is 0 Å². The van der Waals surface area contributed by atoms with Crippen LogP contribution in [-0.2, 0) is 18.2 Å². The molecule has 0 aromatic carbocycles. The summed E-state index contributed by atoms with van der Waals surface area (Å²) in [6.07, 6.45) is 3.84. The third kappa shape index (κ3) is 3.16. The zero-order valence-corrected chi connectivity index (χ0v) is 12.3. The molecule has 108 valence electrons. The number of nitrogens with zero attached hydrogens (tertiary/aromatic N) is 3. The lowest BCUT2D eigenvalue weighted by atomic mass is 9.85. The van der Waals surface area contributed by atoms with Gasteiger partial charge >= 0.3 is 0 Å². The topological polar surface area (TPSA) is 56.3 Å². The van der Waals surface area contributed by atoms with Crippen molar-refractivity contribution in [2.75, 3.05) is 26.3 Å². The Labute approximate surface area is 115 Å². The van der Waals surface area contributed by atoms with Crippen LogP contribution in [0, 0.1) is 0 Å². The summed E-state index contributed by atoms with van der Waals surface area (Å²) in [4.78, 5) is 2.48. The number of morpholine rings is 1. The molecule has 0 radical (unpaired) electrons. The van der Waals surface area contributed by atoms with E-state index in [1.54, 1.807) is 0 Å². The SMILES string of the molecule is CCC(C)(C(N)Cc1ccn(C)n1)N1CCOCC1. The van der Waals surface area contributed by atoms with E-state index in [0.717, 1.165) is 44.8 Å². The molecule has 0 bridgehead atoms. The first-order valence-corrected chi connectivity index (χ1v) is 7.13. The molecule has 2 rings (SSSR count). The highest BCUT2D eigenvalue weighted by Crippen LogP contribution is 2.25. The number of aryl methyl sites for hydroxylation is 1. The van der Waals surface area contributed by atoms with Crippen molar-refractivity contribution in [1.29, 1.82) is 0 Å². The minimum Gasteiger partial charge on any atom is -0.379 e. The van der Waals surface area contributed by atoms with E-state index in [1.165, 1.54) is 0 Å². The Morgan fingerprint density at radius 1 is 1.47 bits per heavy atom. The summed E-state index contributed by atoms with van der Waals surface area (Å²) in [6.45, 7) is 8.05. The molecular weight excluding hydrogens is 240 g/mol. The lowest BCUT2D eigenvalue weighted by Crippen LogP contribution is -2.61. The molecule has 0 spiro atoms. The first kappa shape index (κ1) is 14.5. The Balaban J connectivity index is 2.06. The smallest absolute Gasteiger partial charge is 0.0640 e. The van der Waals surface area contributed by atoms with Gasteiger partial charge in [-0.1, -0.05) is 6.92 Å². The number of ether oxygens (including phenoxy) is 1. The molecule has 2 unspecified atom stereocenters. The molecule has 2 atom stereocenters. The highest BCUT2D eigenvalue weighted by molar-refractivity contribution is 5.06. The van der Waals surface area contributed by atoms with E-state index in [4.69, 9.17) is 10.5 Å². The summed E-state index contributed by atoms with van der Waals surface area (Å²) in [5.41, 5.74) is 7.59. The zero-order valence-electron chi connectivity index (χ0n) is 12.3. The maximum atomic E-state index is 6.50. The summed E-state index contributed by atoms with van der Waals surface area (Å²) in [7, 11) is 1.94. The number of nitrogens with two attached hydrogens (primary N) is 1. The van der Waals surface area contributed by atoms with Crippen molar-refractivity contribution in [2.24, 2.45) is 12.8 Å². The van der Waals surface area contributed by atoms with Crippen molar-refractivity contribution >= 4 is 0 Å². The van der Waals surface area contributed by atoms with Crippen LogP contribution in [0.2, 0.25) is 0 Å². The fourth-order valence-corrected chi connectivity index (χ4v) is 2.81. The number of hydrogen-bond donors (Lipinski definition) is 1. The molecule has 1 saturated heterocycles. The van der Waals surface area contributed by atoms with Crippen LogP contribution in [0.25, 0.3) is 0 Å². The second-order valence-electron chi connectivity index (χ2n) is 5.60. The van der Waals surface area contributed by atoms with E-state index in [2.05, 4.69) is 29.9 Å². The van der Waals surface area contributed by atoms with Gasteiger partial charge in [-0.3, -0.25) is 9.58 Å². The Kier molecular flexibility index (Phi) is 4.60. The minimum absolute atomic E-state index is 0.0152. The van der Waals surface area contributed by atoms with E-state index < -0.39 is 0 Å². The summed E-state index contributed by atoms with van der Waals surface area (Å²) < 4.78 is 7.28. The molecule has 1 aliphatic heterocycles. The van der Waals surface area contributed by atoms with Crippen molar-refractivity contribution < 1.29 is 4.74 Å². The first-order chi connectivity index (χ1) is 9.06. The lowest BCUT2D eigenvalue weighted by Gasteiger charge is -2.46. The van der Waals surface area contributed by atoms with Gasteiger partial charge in [-0.25, -0.2) is 0 Å². The number of rotatable bonds is 5. The molecule has 0 amide bonds. The largest absolute Gasteiger partial charge is 0.379 e. The molecule has 0 saturated carbocycles. The molecule has 5 heteroatoms. The van der Waals surface area contributed by atoms with E-state index in [1.807, 2.05) is 17.9 Å². The van der Waals surface area contributed by atoms with Gasteiger partial charge in [-0.15, -0.1) is 0 Å². The first-order valence-electron chi connectivity index (χ1n) is 7.13. The van der Waals surface area contributed by atoms with Crippen LogP contribution in [0.1, 0.15) is 26.0 Å². The molecule has 5 nitrogen and oxygen atoms in total. The molecular formula is C14H26N4O. The van der Waals surface area contributed by atoms with E-state index in [0.29, 0.717) is 0 Å². The summed E-state index contributed by atoms with van der Waals surface area (Å²) in [6, 6.07) is 2.14. The van der Waals surface area contributed by atoms with E-state index in [-0.39, 0.29) is 11.6 Å². The van der Waals surface area contributed by atoms with Crippen molar-refractivity contribution in [2.45, 2.75) is 38.3 Å². The number of aromatic nitrogens is 2. The summed E-state index contributed by atoms with van der Waals surface area (Å²) in [5.74, 6) is 0. The maximum Gasteiger partial charge on any atom is 0.0640 e. The van der Waals surface area contributed by atoms with Crippen LogP contribution in [0.15, 0.2) is 12.3 Å². The van der Waals surface area contributed by atoms with Crippen molar-refractivity contribution in [3.05, 3.63) is 18.0 Å². The van der Waals surface area contributed by atoms with Gasteiger partial charge < -0.3 is 10.5 Å². The zero-order chi connectivity index (χ0) is 13.9. The van der Waals surface area contributed by atoms with Crippen LogP contribution >= 0.6 is 0 Å². The monoisotopic (exact) mass is 266 g/mol. The van der Waals surface area contributed by atoms with Crippen molar-refractivity contribution in [3.63, 3.8) is 0 Å². The van der Waals surface area contributed by atoms with Gasteiger partial charge in [0.2, 0.25) is 0 Å². The van der Waals surface area contributed by atoms with Gasteiger partial charge in [-0.05, 0) is 19.4 Å². The summed E-state index contributed by atoms with van der Waals surface area (Å²) in [5, 5.41) is 4.44. The third-order valence-electron chi connectivity index (χ3n) is 4.45. The lowest BCUT2D eigenvalue weighted by molar-refractivity contribution is -0.0273. The van der Waals surface area contributed by atoms with Crippen molar-refractivity contribution in [3.8, 4) is 0 Å². The van der Waals surface area contributed by atoms with Crippen LogP contribution < -0.4 is 5.73 Å². The van der Waals surface area contributed by atoms with Crippen LogP contribution in [0.4, 0.5) is 0 Å². The highest BCUT2D eigenvalue weighted by atomic mass is 16.5. The van der Waals surface area contributed by atoms with Crippen molar-refractivity contribution in [1.82, 2.24) is 14.7 Å². The molecule has 1 fully saturated rings. The van der Waals surface area contributed by atoms with E-state index >= 15 is 0 Å². The standard InChI is InChI=1S/C14H26N4O/c1-4-14(2,18-7-9-19-10-8-18)13(15)11-12-5-6-17(3)16-12/h5-6,13H,4,7-11,15H2,1-3H3. The van der Waals surface area contributed by atoms with Gasteiger partial charge in [0.1, 0.15) is 0 Å².